The molecule has 1 aliphatic heterocycles. The van der Waals surface area contributed by atoms with Crippen molar-refractivity contribution in [1.82, 2.24) is 20.1 Å². The number of thioether (sulfide) groups is 1. The highest BCUT2D eigenvalue weighted by molar-refractivity contribution is 8.15. The van der Waals surface area contributed by atoms with Crippen molar-refractivity contribution in [2.45, 2.75) is 38.9 Å². The molecule has 4 aromatic rings. The van der Waals surface area contributed by atoms with Gasteiger partial charge in [-0.1, -0.05) is 30.0 Å². The molecule has 14 heteroatoms. The minimum Gasteiger partial charge on any atom is -0.497 e. The number of methoxy groups -OCH3 is 1. The zero-order chi connectivity index (χ0) is 32.0. The molecule has 1 fully saturated rings. The van der Waals surface area contributed by atoms with Gasteiger partial charge in [0, 0.05) is 5.56 Å². The van der Waals surface area contributed by atoms with Crippen LogP contribution in [0, 0.1) is 6.92 Å². The maximum atomic E-state index is 12.6. The first-order valence-electron chi connectivity index (χ1n) is 14.1. The van der Waals surface area contributed by atoms with Crippen molar-refractivity contribution >= 4 is 28.5 Å². The molecule has 0 bridgehead atoms. The number of unbranched alkanes of at least 4 members (excludes halogenated alkanes) is 1. The molecule has 1 aliphatic rings. The van der Waals surface area contributed by atoms with E-state index in [0.29, 0.717) is 34.7 Å². The molecule has 1 aromatic heterocycles. The van der Waals surface area contributed by atoms with Gasteiger partial charge in [0.15, 0.2) is 11.0 Å². The van der Waals surface area contributed by atoms with Crippen LogP contribution in [0.4, 0.5) is 18.9 Å². The molecule has 0 spiro atoms. The predicted octanol–water partition coefficient (Wildman–Crippen LogP) is 5.47. The molecule has 2 heterocycles. The Balaban J connectivity index is 1.11. The van der Waals surface area contributed by atoms with Gasteiger partial charge in [0.25, 0.3) is 0 Å². The normalized spacial score (nSPS) is 15.1. The Hall–Kier alpha value is -4.40. The van der Waals surface area contributed by atoms with Crippen LogP contribution >= 0.6 is 11.8 Å². The molecule has 236 valence electrons. The molecule has 3 aromatic carbocycles. The number of rotatable bonds is 12. The van der Waals surface area contributed by atoms with Crippen molar-refractivity contribution in [2.24, 2.45) is 4.99 Å². The lowest BCUT2D eigenvalue weighted by atomic mass is 10.0. The second-order valence-corrected chi connectivity index (χ2v) is 11.1. The van der Waals surface area contributed by atoms with Crippen LogP contribution in [-0.2, 0) is 11.2 Å². The summed E-state index contributed by atoms with van der Waals surface area (Å²) in [6.07, 6.45) is -2.00. The Morgan fingerprint density at radius 1 is 1.09 bits per heavy atom. The minimum absolute atomic E-state index is 0.1000. The molecule has 45 heavy (non-hydrogen) atoms. The third-order valence-corrected chi connectivity index (χ3v) is 7.81. The van der Waals surface area contributed by atoms with E-state index in [-0.39, 0.29) is 17.4 Å². The van der Waals surface area contributed by atoms with E-state index in [2.05, 4.69) is 25.1 Å². The summed E-state index contributed by atoms with van der Waals surface area (Å²) in [6.45, 7) is 2.42. The molecule has 0 saturated carbocycles. The molecule has 2 N–H and O–H groups in total. The number of aliphatic hydroxyl groups is 1. The molecule has 1 unspecified atom stereocenters. The molecule has 1 amide bonds. The molecule has 0 radical (unpaired) electrons. The van der Waals surface area contributed by atoms with E-state index in [1.807, 2.05) is 43.3 Å². The first kappa shape index (κ1) is 32.0. The third kappa shape index (κ3) is 8.41. The molecule has 5 rings (SSSR count). The van der Waals surface area contributed by atoms with Crippen LogP contribution in [-0.4, -0.2) is 63.1 Å². The molecule has 10 nitrogen and oxygen atoms in total. The number of aryl methyl sites for hydroxylation is 2. The lowest BCUT2D eigenvalue weighted by Gasteiger charge is -2.20. The van der Waals surface area contributed by atoms with E-state index in [1.165, 1.54) is 51.9 Å². The van der Waals surface area contributed by atoms with Crippen LogP contribution in [0.5, 0.6) is 11.5 Å². The summed E-state index contributed by atoms with van der Waals surface area (Å²) in [5, 5.41) is 18.4. The minimum atomic E-state index is -4.75. The van der Waals surface area contributed by atoms with Gasteiger partial charge in [-0.15, -0.1) is 18.3 Å². The Morgan fingerprint density at radius 2 is 1.87 bits per heavy atom. The maximum Gasteiger partial charge on any atom is 0.573 e. The number of alkyl halides is 3. The van der Waals surface area contributed by atoms with Gasteiger partial charge in [0.2, 0.25) is 12.3 Å². The first-order chi connectivity index (χ1) is 21.6. The lowest BCUT2D eigenvalue weighted by Crippen LogP contribution is -2.34. The highest BCUT2D eigenvalue weighted by atomic mass is 32.2. The van der Waals surface area contributed by atoms with E-state index in [1.54, 1.807) is 13.2 Å². The number of aromatic nitrogens is 3. The summed E-state index contributed by atoms with van der Waals surface area (Å²) in [7, 11) is 1.59. The smallest absolute Gasteiger partial charge is 0.497 e. The van der Waals surface area contributed by atoms with E-state index < -0.39 is 12.7 Å². The predicted molar refractivity (Wildman–Crippen MR) is 166 cm³/mol. The molecule has 1 atom stereocenters. The van der Waals surface area contributed by atoms with Crippen LogP contribution in [0.1, 0.15) is 24.0 Å². The van der Waals surface area contributed by atoms with Gasteiger partial charge in [-0.25, -0.2) is 14.7 Å². The highest BCUT2D eigenvalue weighted by Crippen LogP contribution is 2.31. The molecular weight excluding hydrogens is 609 g/mol. The summed E-state index contributed by atoms with van der Waals surface area (Å²) in [6, 6.07) is 18.6. The molecule has 1 saturated heterocycles. The van der Waals surface area contributed by atoms with Gasteiger partial charge in [-0.05, 0) is 92.4 Å². The second kappa shape index (κ2) is 14.1. The van der Waals surface area contributed by atoms with E-state index in [0.717, 1.165) is 36.0 Å². The van der Waals surface area contributed by atoms with Gasteiger partial charge in [-0.3, -0.25) is 15.0 Å². The number of ether oxygens (including phenoxy) is 2. The third-order valence-electron chi connectivity index (χ3n) is 6.87. The number of carbonyl (C=O) groups is 1. The van der Waals surface area contributed by atoms with Gasteiger partial charge in [0.05, 0.1) is 24.2 Å². The topological polar surface area (TPSA) is 114 Å². The fraction of sp³-hybridized carbons (Fsp3) is 0.290. The largest absolute Gasteiger partial charge is 0.573 e. The van der Waals surface area contributed by atoms with Crippen molar-refractivity contribution in [3.05, 3.63) is 84.2 Å². The summed E-state index contributed by atoms with van der Waals surface area (Å²) < 4.78 is 47.9. The number of amidine groups is 1. The van der Waals surface area contributed by atoms with Gasteiger partial charge in [0.1, 0.15) is 17.8 Å². The van der Waals surface area contributed by atoms with Crippen LogP contribution in [0.25, 0.3) is 17.1 Å². The number of anilines is 1. The van der Waals surface area contributed by atoms with Crippen LogP contribution < -0.4 is 19.7 Å². The van der Waals surface area contributed by atoms with E-state index in [4.69, 9.17) is 4.74 Å². The van der Waals surface area contributed by atoms with Crippen molar-refractivity contribution in [3.63, 3.8) is 0 Å². The highest BCUT2D eigenvalue weighted by Gasteiger charge is 2.32. The summed E-state index contributed by atoms with van der Waals surface area (Å²) >= 11 is 1.28. The Morgan fingerprint density at radius 3 is 2.60 bits per heavy atom. The van der Waals surface area contributed by atoms with Gasteiger partial charge in [-0.2, -0.15) is 0 Å². The standard InChI is InChI=1S/C31H31F3N6O4S/c1-20-16-25(43-2)13-14-26(20)40-27(41)18-45-30(40)37-29(42)35-15-4-3-6-21-7-5-8-22(17-21)28-36-19-39(38-28)23-9-11-24(12-10-23)44-31(32,33)34/h5,7-14,16-17,19,29,35,42H,3-4,6,15,18H2,1-2H3/b37-30-. The fourth-order valence-electron chi connectivity index (χ4n) is 4.72. The number of aliphatic imine (C=N–C) groups is 1. The number of hydrogen-bond acceptors (Lipinski definition) is 9. The average Bonchev–Trinajstić information content (AvgIpc) is 3.64. The molecular formula is C31H31F3N6O4S. The lowest BCUT2D eigenvalue weighted by molar-refractivity contribution is -0.274. The quantitative estimate of drug-likeness (QED) is 0.155. The monoisotopic (exact) mass is 640 g/mol. The number of halogens is 3. The van der Waals surface area contributed by atoms with Gasteiger partial charge >= 0.3 is 6.36 Å². The summed E-state index contributed by atoms with van der Waals surface area (Å²) in [5.74, 6) is 1.02. The van der Waals surface area contributed by atoms with Gasteiger partial charge < -0.3 is 14.6 Å². The number of aliphatic hydroxyl groups excluding tert-OH is 1. The first-order valence-corrected chi connectivity index (χ1v) is 15.0. The van der Waals surface area contributed by atoms with Crippen LogP contribution in [0.15, 0.2) is 78.0 Å². The number of hydrogen-bond donors (Lipinski definition) is 2. The van der Waals surface area contributed by atoms with E-state index >= 15 is 0 Å². The van der Waals surface area contributed by atoms with Crippen molar-refractivity contribution in [3.8, 4) is 28.6 Å². The Labute approximate surface area is 261 Å². The number of nitrogens with zero attached hydrogens (tertiary/aromatic N) is 5. The van der Waals surface area contributed by atoms with Crippen molar-refractivity contribution < 1.29 is 32.5 Å². The number of amides is 1. The zero-order valence-electron chi connectivity index (χ0n) is 24.5. The van der Waals surface area contributed by atoms with E-state index in [9.17, 15) is 23.1 Å². The van der Waals surface area contributed by atoms with Crippen LogP contribution in [0.3, 0.4) is 0 Å². The SMILES string of the molecule is COc1ccc(N2C(=O)CS/C2=N\C(O)NCCCCc2cccc(-c3ncn(-c4ccc(OC(F)(F)F)cc4)n3)c2)c(C)c1. The van der Waals surface area contributed by atoms with Crippen LogP contribution in [0.2, 0.25) is 0 Å². The zero-order valence-corrected chi connectivity index (χ0v) is 25.3. The fourth-order valence-corrected chi connectivity index (χ4v) is 5.61. The number of benzene rings is 3. The number of nitrogens with one attached hydrogen (secondary N) is 1. The summed E-state index contributed by atoms with van der Waals surface area (Å²) in [5.41, 5.74) is 4.01. The maximum absolute atomic E-state index is 12.6. The Kier molecular flexibility index (Phi) is 10.1. The summed E-state index contributed by atoms with van der Waals surface area (Å²) in [4.78, 5) is 22.8. The second-order valence-electron chi connectivity index (χ2n) is 10.1. The Bertz CT molecular complexity index is 1660. The molecule has 0 aliphatic carbocycles. The van der Waals surface area contributed by atoms with Crippen molar-refractivity contribution in [2.75, 3.05) is 24.3 Å². The van der Waals surface area contributed by atoms with Crippen molar-refractivity contribution in [1.29, 1.82) is 0 Å². The average molecular weight is 641 g/mol. The number of carbonyl (C=O) groups excluding carboxylic acids is 1.